The van der Waals surface area contributed by atoms with E-state index >= 15 is 0 Å². The van der Waals surface area contributed by atoms with Gasteiger partial charge in [0, 0.05) is 24.0 Å². The molecule has 1 aromatic heterocycles. The normalized spacial score (nSPS) is 15.7. The van der Waals surface area contributed by atoms with E-state index in [4.69, 9.17) is 4.74 Å². The molecule has 1 aliphatic heterocycles. The average molecular weight is 383 g/mol. The second-order valence-electron chi connectivity index (χ2n) is 6.94. The van der Waals surface area contributed by atoms with Crippen molar-refractivity contribution in [2.45, 2.75) is 18.9 Å². The zero-order valence-electron chi connectivity index (χ0n) is 15.4. The van der Waals surface area contributed by atoms with Crippen LogP contribution in [0.15, 0.2) is 48.0 Å². The van der Waals surface area contributed by atoms with Gasteiger partial charge in [-0.25, -0.2) is 4.98 Å². The molecule has 0 saturated carbocycles. The molecule has 5 nitrogen and oxygen atoms in total. The van der Waals surface area contributed by atoms with E-state index in [1.54, 1.807) is 23.3 Å². The smallest absolute Gasteiger partial charge is 0.251 e. The number of carbonyl (C=O) groups excluding carboxylic acids is 1. The fraction of sp³-hybridized carbons (Fsp3) is 0.333. The maximum atomic E-state index is 12.7. The number of hydrogen-bond acceptors (Lipinski definition) is 4. The number of ether oxygens (including phenoxy) is 1. The highest BCUT2D eigenvalue weighted by Crippen LogP contribution is 2.20. The quantitative estimate of drug-likeness (QED) is 0.689. The maximum absolute atomic E-state index is 12.7. The fourth-order valence-corrected chi connectivity index (χ4v) is 4.52. The van der Waals surface area contributed by atoms with E-state index in [1.165, 1.54) is 18.4 Å². The number of hydrogen-bond donors (Lipinski definition) is 2. The summed E-state index contributed by atoms with van der Waals surface area (Å²) >= 11 is 1.56. The van der Waals surface area contributed by atoms with Crippen LogP contribution in [0.25, 0.3) is 10.2 Å². The van der Waals surface area contributed by atoms with Crippen molar-refractivity contribution in [2.24, 2.45) is 0 Å². The first kappa shape index (κ1) is 17.9. The van der Waals surface area contributed by atoms with Gasteiger partial charge in [-0.1, -0.05) is 0 Å². The van der Waals surface area contributed by atoms with Crippen molar-refractivity contribution in [3.63, 3.8) is 0 Å². The van der Waals surface area contributed by atoms with Gasteiger partial charge in [0.1, 0.15) is 11.8 Å². The molecule has 6 heteroatoms. The van der Waals surface area contributed by atoms with E-state index < -0.39 is 0 Å². The molecule has 2 heterocycles. The summed E-state index contributed by atoms with van der Waals surface area (Å²) in [7, 11) is 1.68. The van der Waals surface area contributed by atoms with Gasteiger partial charge in [-0.15, -0.1) is 11.3 Å². The number of quaternary nitrogens is 1. The Morgan fingerprint density at radius 3 is 2.74 bits per heavy atom. The summed E-state index contributed by atoms with van der Waals surface area (Å²) in [6.45, 7) is 2.93. The molecule has 2 aromatic carbocycles. The maximum Gasteiger partial charge on any atom is 0.251 e. The van der Waals surface area contributed by atoms with Crippen LogP contribution in [-0.4, -0.2) is 37.6 Å². The minimum atomic E-state index is -0.0255. The summed E-state index contributed by atoms with van der Waals surface area (Å²) in [5.41, 5.74) is 4.68. The number of nitrogens with one attached hydrogen (secondary N) is 2. The fourth-order valence-electron chi connectivity index (χ4n) is 3.80. The molecule has 140 valence electrons. The SMILES string of the molecule is COc1ccc([C@@H](CNC(=O)c2ccc3ncsc3c2)[NH+]2CCCC2)cc1. The monoisotopic (exact) mass is 382 g/mol. The molecule has 1 saturated heterocycles. The van der Waals surface area contributed by atoms with E-state index in [1.807, 2.05) is 35.8 Å². The Morgan fingerprint density at radius 1 is 1.22 bits per heavy atom. The summed E-state index contributed by atoms with van der Waals surface area (Å²) < 4.78 is 6.32. The van der Waals surface area contributed by atoms with Crippen LogP contribution in [0.5, 0.6) is 5.75 Å². The van der Waals surface area contributed by atoms with Gasteiger partial charge in [-0.3, -0.25) is 4.79 Å². The molecule has 0 bridgehead atoms. The van der Waals surface area contributed by atoms with Crippen molar-refractivity contribution in [1.29, 1.82) is 0 Å². The minimum absolute atomic E-state index is 0.0255. The second-order valence-corrected chi connectivity index (χ2v) is 7.82. The summed E-state index contributed by atoms with van der Waals surface area (Å²) in [4.78, 5) is 18.5. The lowest BCUT2D eigenvalue weighted by Gasteiger charge is -2.25. The number of methoxy groups -OCH3 is 1. The van der Waals surface area contributed by atoms with E-state index in [2.05, 4.69) is 22.4 Å². The molecule has 0 unspecified atom stereocenters. The van der Waals surface area contributed by atoms with Crippen molar-refractivity contribution in [1.82, 2.24) is 10.3 Å². The van der Waals surface area contributed by atoms with Crippen molar-refractivity contribution in [2.75, 3.05) is 26.7 Å². The topological polar surface area (TPSA) is 55.7 Å². The molecular weight excluding hydrogens is 358 g/mol. The number of thiazole rings is 1. The Balaban J connectivity index is 1.49. The lowest BCUT2D eigenvalue weighted by Crippen LogP contribution is -3.11. The Labute approximate surface area is 163 Å². The molecule has 4 rings (SSSR count). The van der Waals surface area contributed by atoms with Crippen LogP contribution in [0.1, 0.15) is 34.8 Å². The third kappa shape index (κ3) is 3.96. The lowest BCUT2D eigenvalue weighted by molar-refractivity contribution is -0.918. The molecule has 2 N–H and O–H groups in total. The van der Waals surface area contributed by atoms with Gasteiger partial charge in [0.05, 0.1) is 42.5 Å². The van der Waals surface area contributed by atoms with Crippen molar-refractivity contribution in [3.05, 3.63) is 59.1 Å². The van der Waals surface area contributed by atoms with Crippen LogP contribution in [0.3, 0.4) is 0 Å². The third-order valence-electron chi connectivity index (χ3n) is 5.32. The Bertz CT molecular complexity index is 917. The molecule has 0 radical (unpaired) electrons. The molecule has 1 amide bonds. The predicted molar refractivity (Wildman–Crippen MR) is 108 cm³/mol. The van der Waals surface area contributed by atoms with Crippen LogP contribution < -0.4 is 15.0 Å². The van der Waals surface area contributed by atoms with Gasteiger partial charge in [0.15, 0.2) is 0 Å². The number of amides is 1. The van der Waals surface area contributed by atoms with Gasteiger partial charge in [0.2, 0.25) is 0 Å². The van der Waals surface area contributed by atoms with Gasteiger partial charge >= 0.3 is 0 Å². The number of carbonyl (C=O) groups is 1. The highest BCUT2D eigenvalue weighted by molar-refractivity contribution is 7.16. The number of aromatic nitrogens is 1. The van der Waals surface area contributed by atoms with E-state index in [0.717, 1.165) is 29.1 Å². The van der Waals surface area contributed by atoms with Crippen LogP contribution >= 0.6 is 11.3 Å². The first-order valence-electron chi connectivity index (χ1n) is 9.34. The largest absolute Gasteiger partial charge is 0.497 e. The number of nitrogens with zero attached hydrogens (tertiary/aromatic N) is 1. The highest BCUT2D eigenvalue weighted by Gasteiger charge is 2.28. The predicted octanol–water partition coefficient (Wildman–Crippen LogP) is 2.45. The molecular formula is C21H24N3O2S+. The van der Waals surface area contributed by atoms with Crippen molar-refractivity contribution >= 4 is 27.5 Å². The number of fused-ring (bicyclic) bond motifs is 1. The Hall–Kier alpha value is -2.44. The third-order valence-corrected chi connectivity index (χ3v) is 6.11. The highest BCUT2D eigenvalue weighted by atomic mass is 32.1. The van der Waals surface area contributed by atoms with Crippen molar-refractivity contribution < 1.29 is 14.4 Å². The summed E-state index contributed by atoms with van der Waals surface area (Å²) in [6.07, 6.45) is 2.50. The molecule has 0 spiro atoms. The Morgan fingerprint density at radius 2 is 2.00 bits per heavy atom. The molecule has 1 fully saturated rings. The zero-order chi connectivity index (χ0) is 18.6. The van der Waals surface area contributed by atoms with E-state index in [0.29, 0.717) is 12.1 Å². The summed E-state index contributed by atoms with van der Waals surface area (Å²) in [6, 6.07) is 14.2. The molecule has 1 aliphatic rings. The number of benzene rings is 2. The lowest BCUT2D eigenvalue weighted by atomic mass is 10.0. The van der Waals surface area contributed by atoms with Gasteiger partial charge < -0.3 is 15.0 Å². The van der Waals surface area contributed by atoms with Crippen LogP contribution in [-0.2, 0) is 0 Å². The second kappa shape index (κ2) is 8.06. The number of rotatable bonds is 6. The number of likely N-dealkylation sites (tertiary alicyclic amines) is 1. The molecule has 0 aliphatic carbocycles. The molecule has 1 atom stereocenters. The van der Waals surface area contributed by atoms with Gasteiger partial charge in [-0.05, 0) is 42.5 Å². The van der Waals surface area contributed by atoms with E-state index in [-0.39, 0.29) is 11.9 Å². The summed E-state index contributed by atoms with van der Waals surface area (Å²) in [5.74, 6) is 0.832. The van der Waals surface area contributed by atoms with Gasteiger partial charge in [0.25, 0.3) is 5.91 Å². The molecule has 3 aromatic rings. The van der Waals surface area contributed by atoms with Crippen LogP contribution in [0.2, 0.25) is 0 Å². The minimum Gasteiger partial charge on any atom is -0.497 e. The van der Waals surface area contributed by atoms with Gasteiger partial charge in [-0.2, -0.15) is 0 Å². The zero-order valence-corrected chi connectivity index (χ0v) is 16.2. The van der Waals surface area contributed by atoms with Crippen LogP contribution in [0.4, 0.5) is 0 Å². The summed E-state index contributed by atoms with van der Waals surface area (Å²) in [5, 5.41) is 3.15. The molecule has 27 heavy (non-hydrogen) atoms. The van der Waals surface area contributed by atoms with Crippen molar-refractivity contribution in [3.8, 4) is 5.75 Å². The van der Waals surface area contributed by atoms with Crippen LogP contribution in [0, 0.1) is 0 Å². The first-order valence-corrected chi connectivity index (χ1v) is 10.2. The average Bonchev–Trinajstić information content (AvgIpc) is 3.40. The standard InChI is InChI=1S/C21H23N3O2S/c1-26-17-7-4-15(5-8-17)19(24-10-2-3-11-24)13-22-21(25)16-6-9-18-20(12-16)27-14-23-18/h4-9,12,14,19H,2-3,10-11,13H2,1H3,(H,22,25)/p+1/t19-/m1/s1. The van der Waals surface area contributed by atoms with E-state index in [9.17, 15) is 4.79 Å². The Kier molecular flexibility index (Phi) is 5.36. The first-order chi connectivity index (χ1) is 13.2.